The second kappa shape index (κ2) is 8.64. The fraction of sp³-hybridized carbons (Fsp3) is 0.381. The van der Waals surface area contributed by atoms with Crippen molar-refractivity contribution in [1.29, 1.82) is 0 Å². The summed E-state index contributed by atoms with van der Waals surface area (Å²) in [6, 6.07) is 14.8. The standard InChI is InChI=1S/C21H25ClN2O3S/c1-23(2)28(26,27)20-15-18(8-9-19(20)22)21(25)24-12-10-17(11-13-24)14-16-6-4-3-5-7-16/h3-9,15,17H,10-14H2,1-2H3. The van der Waals surface area contributed by atoms with Crippen LogP contribution in [0.5, 0.6) is 0 Å². The smallest absolute Gasteiger partial charge is 0.253 e. The SMILES string of the molecule is CN(C)S(=O)(=O)c1cc(C(=O)N2CCC(Cc3ccccc3)CC2)ccc1Cl. The third-order valence-corrected chi connectivity index (χ3v) is 7.50. The van der Waals surface area contributed by atoms with E-state index in [1.165, 1.54) is 31.8 Å². The minimum absolute atomic E-state index is 0.0380. The van der Waals surface area contributed by atoms with Crippen molar-refractivity contribution in [2.24, 2.45) is 5.92 Å². The first kappa shape index (κ1) is 20.8. The molecular weight excluding hydrogens is 396 g/mol. The number of carbonyl (C=O) groups is 1. The summed E-state index contributed by atoms with van der Waals surface area (Å²) in [7, 11) is -0.823. The molecule has 7 heteroatoms. The predicted octanol–water partition coefficient (Wildman–Crippen LogP) is 3.69. The summed E-state index contributed by atoms with van der Waals surface area (Å²) in [5, 5.41) is 0.117. The van der Waals surface area contributed by atoms with Crippen LogP contribution in [0.4, 0.5) is 0 Å². The Hall–Kier alpha value is -1.89. The highest BCUT2D eigenvalue weighted by atomic mass is 35.5. The van der Waals surface area contributed by atoms with Crippen molar-refractivity contribution in [2.45, 2.75) is 24.2 Å². The second-order valence-corrected chi connectivity index (χ2v) is 9.89. The molecule has 0 bridgehead atoms. The Balaban J connectivity index is 1.69. The van der Waals surface area contributed by atoms with Gasteiger partial charge in [0, 0.05) is 32.7 Å². The van der Waals surface area contributed by atoms with Crippen molar-refractivity contribution in [3.8, 4) is 0 Å². The van der Waals surface area contributed by atoms with E-state index in [4.69, 9.17) is 11.6 Å². The Morgan fingerprint density at radius 1 is 1.11 bits per heavy atom. The van der Waals surface area contributed by atoms with Crippen molar-refractivity contribution >= 4 is 27.5 Å². The van der Waals surface area contributed by atoms with Gasteiger partial charge in [0.25, 0.3) is 5.91 Å². The van der Waals surface area contributed by atoms with Gasteiger partial charge in [-0.05, 0) is 48.9 Å². The van der Waals surface area contributed by atoms with Crippen LogP contribution in [0, 0.1) is 5.92 Å². The van der Waals surface area contributed by atoms with E-state index in [1.807, 2.05) is 18.2 Å². The molecule has 1 aliphatic rings. The molecule has 150 valence electrons. The van der Waals surface area contributed by atoms with Crippen LogP contribution in [0.3, 0.4) is 0 Å². The number of halogens is 1. The van der Waals surface area contributed by atoms with E-state index in [9.17, 15) is 13.2 Å². The van der Waals surface area contributed by atoms with E-state index >= 15 is 0 Å². The zero-order chi connectivity index (χ0) is 20.3. The third kappa shape index (κ3) is 4.57. The molecule has 28 heavy (non-hydrogen) atoms. The van der Waals surface area contributed by atoms with Crippen molar-refractivity contribution < 1.29 is 13.2 Å². The van der Waals surface area contributed by atoms with Gasteiger partial charge in [0.2, 0.25) is 10.0 Å². The van der Waals surface area contributed by atoms with Gasteiger partial charge >= 0.3 is 0 Å². The van der Waals surface area contributed by atoms with Gasteiger partial charge in [0.05, 0.1) is 5.02 Å². The first-order valence-electron chi connectivity index (χ1n) is 9.34. The number of rotatable bonds is 5. The molecule has 1 fully saturated rings. The Bertz CT molecular complexity index is 937. The molecule has 0 saturated carbocycles. The van der Waals surface area contributed by atoms with Crippen molar-refractivity contribution in [1.82, 2.24) is 9.21 Å². The van der Waals surface area contributed by atoms with Crippen LogP contribution in [-0.4, -0.2) is 50.7 Å². The Kier molecular flexibility index (Phi) is 6.43. The van der Waals surface area contributed by atoms with Gasteiger partial charge in [0.15, 0.2) is 0 Å². The molecule has 0 atom stereocenters. The number of piperidine rings is 1. The second-order valence-electron chi connectivity index (χ2n) is 7.36. The van der Waals surface area contributed by atoms with Crippen LogP contribution in [-0.2, 0) is 16.4 Å². The molecule has 3 rings (SSSR count). The molecule has 0 unspecified atom stereocenters. The summed E-state index contributed by atoms with van der Waals surface area (Å²) in [5.74, 6) is 0.409. The quantitative estimate of drug-likeness (QED) is 0.741. The molecule has 1 heterocycles. The maximum Gasteiger partial charge on any atom is 0.253 e. The van der Waals surface area contributed by atoms with E-state index in [0.29, 0.717) is 24.6 Å². The third-order valence-electron chi connectivity index (χ3n) is 5.21. The molecule has 0 aliphatic carbocycles. The van der Waals surface area contributed by atoms with Crippen molar-refractivity contribution in [3.05, 3.63) is 64.7 Å². The maximum atomic E-state index is 12.9. The van der Waals surface area contributed by atoms with Crippen LogP contribution < -0.4 is 0 Å². The van der Waals surface area contributed by atoms with Gasteiger partial charge < -0.3 is 4.90 Å². The normalized spacial score (nSPS) is 15.8. The Morgan fingerprint density at radius 3 is 2.36 bits per heavy atom. The van der Waals surface area contributed by atoms with Crippen molar-refractivity contribution in [3.63, 3.8) is 0 Å². The average molecular weight is 421 g/mol. The molecule has 5 nitrogen and oxygen atoms in total. The predicted molar refractivity (Wildman–Crippen MR) is 111 cm³/mol. The minimum Gasteiger partial charge on any atom is -0.339 e. The lowest BCUT2D eigenvalue weighted by Crippen LogP contribution is -2.39. The summed E-state index contributed by atoms with van der Waals surface area (Å²) >= 11 is 6.08. The Labute approximate surface area is 172 Å². The molecular formula is C21H25ClN2O3S. The number of hydrogen-bond acceptors (Lipinski definition) is 3. The summed E-state index contributed by atoms with van der Waals surface area (Å²) < 4.78 is 26.0. The number of benzene rings is 2. The maximum absolute atomic E-state index is 12.9. The number of nitrogens with zero attached hydrogens (tertiary/aromatic N) is 2. The number of carbonyl (C=O) groups excluding carboxylic acids is 1. The highest BCUT2D eigenvalue weighted by Crippen LogP contribution is 2.27. The molecule has 2 aromatic rings. The summed E-state index contributed by atoms with van der Waals surface area (Å²) in [6.45, 7) is 1.35. The topological polar surface area (TPSA) is 57.7 Å². The zero-order valence-electron chi connectivity index (χ0n) is 16.1. The number of amides is 1. The first-order chi connectivity index (χ1) is 13.3. The monoisotopic (exact) mass is 420 g/mol. The highest BCUT2D eigenvalue weighted by Gasteiger charge is 2.26. The lowest BCUT2D eigenvalue weighted by atomic mass is 9.90. The molecule has 0 radical (unpaired) electrons. The van der Waals surface area contributed by atoms with Gasteiger partial charge in [-0.25, -0.2) is 12.7 Å². The van der Waals surface area contributed by atoms with E-state index in [-0.39, 0.29) is 15.8 Å². The summed E-state index contributed by atoms with van der Waals surface area (Å²) in [5.41, 5.74) is 1.68. The van der Waals surface area contributed by atoms with E-state index in [2.05, 4.69) is 12.1 Å². The van der Waals surface area contributed by atoms with Gasteiger partial charge in [-0.1, -0.05) is 41.9 Å². The first-order valence-corrected chi connectivity index (χ1v) is 11.2. The Morgan fingerprint density at radius 2 is 1.75 bits per heavy atom. The van der Waals surface area contributed by atoms with Gasteiger partial charge in [-0.2, -0.15) is 0 Å². The molecule has 1 saturated heterocycles. The number of sulfonamides is 1. The largest absolute Gasteiger partial charge is 0.339 e. The van der Waals surface area contributed by atoms with Gasteiger partial charge in [0.1, 0.15) is 4.90 Å². The van der Waals surface area contributed by atoms with Gasteiger partial charge in [-0.15, -0.1) is 0 Å². The van der Waals surface area contributed by atoms with E-state index in [1.54, 1.807) is 11.0 Å². The molecule has 2 aromatic carbocycles. The van der Waals surface area contributed by atoms with Crippen LogP contribution in [0.25, 0.3) is 0 Å². The van der Waals surface area contributed by atoms with E-state index < -0.39 is 10.0 Å². The van der Waals surface area contributed by atoms with Crippen LogP contribution >= 0.6 is 11.6 Å². The minimum atomic E-state index is -3.71. The van der Waals surface area contributed by atoms with Crippen LogP contribution in [0.1, 0.15) is 28.8 Å². The van der Waals surface area contributed by atoms with E-state index in [0.717, 1.165) is 23.6 Å². The van der Waals surface area contributed by atoms with Crippen molar-refractivity contribution in [2.75, 3.05) is 27.2 Å². The summed E-state index contributed by atoms with van der Waals surface area (Å²) in [4.78, 5) is 14.7. The number of hydrogen-bond donors (Lipinski definition) is 0. The molecule has 0 aromatic heterocycles. The van der Waals surface area contributed by atoms with Crippen LogP contribution in [0.15, 0.2) is 53.4 Å². The lowest BCUT2D eigenvalue weighted by molar-refractivity contribution is 0.0690. The van der Waals surface area contributed by atoms with Crippen LogP contribution in [0.2, 0.25) is 5.02 Å². The molecule has 1 amide bonds. The highest BCUT2D eigenvalue weighted by molar-refractivity contribution is 7.89. The van der Waals surface area contributed by atoms with Gasteiger partial charge in [-0.3, -0.25) is 4.79 Å². The fourth-order valence-corrected chi connectivity index (χ4v) is 4.89. The fourth-order valence-electron chi connectivity index (χ4n) is 3.50. The molecule has 0 N–H and O–H groups in total. The number of likely N-dealkylation sites (tertiary alicyclic amines) is 1. The molecule has 1 aliphatic heterocycles. The zero-order valence-corrected chi connectivity index (χ0v) is 17.7. The molecule has 0 spiro atoms. The lowest BCUT2D eigenvalue weighted by Gasteiger charge is -2.32. The average Bonchev–Trinajstić information content (AvgIpc) is 2.69. The summed E-state index contributed by atoms with van der Waals surface area (Å²) in [6.07, 6.45) is 2.91.